The summed E-state index contributed by atoms with van der Waals surface area (Å²) in [6, 6.07) is 0. The largest absolute Gasteiger partial charge is 0.357 e. The molecule has 0 amide bonds. The summed E-state index contributed by atoms with van der Waals surface area (Å²) in [4.78, 5) is 2.38. The molecule has 1 aliphatic rings. The van der Waals surface area contributed by atoms with E-state index in [9.17, 15) is 0 Å². The van der Waals surface area contributed by atoms with Crippen molar-refractivity contribution in [3.8, 4) is 0 Å². The first kappa shape index (κ1) is 13.3. The summed E-state index contributed by atoms with van der Waals surface area (Å²) in [5.74, 6) is 2.91. The maximum absolute atomic E-state index is 5.31. The van der Waals surface area contributed by atoms with Crippen molar-refractivity contribution in [2.24, 2.45) is 11.8 Å². The number of hydrogen-bond donors (Lipinski definition) is 0. The van der Waals surface area contributed by atoms with Crippen LogP contribution in [0.1, 0.15) is 40.0 Å². The van der Waals surface area contributed by atoms with Gasteiger partial charge < -0.3 is 4.90 Å². The molecule has 15 heavy (non-hydrogen) atoms. The lowest BCUT2D eigenvalue weighted by Gasteiger charge is -2.22. The van der Waals surface area contributed by atoms with Crippen molar-refractivity contribution in [2.75, 3.05) is 18.8 Å². The standard InChI is InChI=1S/C12H23NS2/c1-4-11(9-10(2)3)5-6-13-7-8-15-12(13)14/h10-11H,4-9H2,1-3H3. The van der Waals surface area contributed by atoms with E-state index in [1.54, 1.807) is 0 Å². The molecule has 1 heterocycles. The zero-order chi connectivity index (χ0) is 11.3. The Kier molecular flexibility index (Phi) is 5.98. The fraction of sp³-hybridized carbons (Fsp3) is 0.917. The van der Waals surface area contributed by atoms with Gasteiger partial charge in [0.2, 0.25) is 0 Å². The first-order valence-electron chi connectivity index (χ1n) is 6.05. The SMILES string of the molecule is CCC(CCN1CCSC1=S)CC(C)C. The van der Waals surface area contributed by atoms with Crippen LogP contribution in [0.25, 0.3) is 0 Å². The molecule has 0 radical (unpaired) electrons. The van der Waals surface area contributed by atoms with Crippen molar-refractivity contribution in [3.05, 3.63) is 0 Å². The van der Waals surface area contributed by atoms with Gasteiger partial charge in [0.1, 0.15) is 4.32 Å². The van der Waals surface area contributed by atoms with E-state index in [1.165, 1.54) is 38.1 Å². The Labute approximate surface area is 104 Å². The Morgan fingerprint density at radius 2 is 2.20 bits per heavy atom. The monoisotopic (exact) mass is 245 g/mol. The summed E-state index contributed by atoms with van der Waals surface area (Å²) in [7, 11) is 0. The van der Waals surface area contributed by atoms with Crippen molar-refractivity contribution >= 4 is 28.3 Å². The molecule has 1 atom stereocenters. The Bertz CT molecular complexity index is 204. The number of thioether (sulfide) groups is 1. The van der Waals surface area contributed by atoms with E-state index in [0.717, 1.165) is 16.2 Å². The van der Waals surface area contributed by atoms with E-state index in [2.05, 4.69) is 25.7 Å². The molecule has 0 saturated carbocycles. The first-order chi connectivity index (χ1) is 7.13. The number of hydrogen-bond acceptors (Lipinski definition) is 2. The summed E-state index contributed by atoms with van der Waals surface area (Å²) in [5.41, 5.74) is 0. The number of rotatable bonds is 6. The number of nitrogens with zero attached hydrogens (tertiary/aromatic N) is 1. The highest BCUT2D eigenvalue weighted by molar-refractivity contribution is 8.23. The maximum atomic E-state index is 5.31. The zero-order valence-electron chi connectivity index (χ0n) is 10.2. The van der Waals surface area contributed by atoms with Crippen LogP contribution >= 0.6 is 24.0 Å². The third-order valence-corrected chi connectivity index (χ3v) is 4.54. The normalized spacial score (nSPS) is 18.9. The van der Waals surface area contributed by atoms with Crippen LogP contribution in [0.5, 0.6) is 0 Å². The summed E-state index contributed by atoms with van der Waals surface area (Å²) in [6.07, 6.45) is 3.99. The lowest BCUT2D eigenvalue weighted by Crippen LogP contribution is -2.26. The predicted octanol–water partition coefficient (Wildman–Crippen LogP) is 3.78. The third-order valence-electron chi connectivity index (χ3n) is 3.03. The molecule has 1 rings (SSSR count). The molecule has 1 aliphatic heterocycles. The second-order valence-corrected chi connectivity index (χ2v) is 6.52. The van der Waals surface area contributed by atoms with Crippen LogP contribution in [-0.4, -0.2) is 28.1 Å². The molecule has 0 aromatic rings. The van der Waals surface area contributed by atoms with Crippen molar-refractivity contribution in [2.45, 2.75) is 40.0 Å². The minimum Gasteiger partial charge on any atom is -0.357 e. The van der Waals surface area contributed by atoms with Gasteiger partial charge in [-0.25, -0.2) is 0 Å². The van der Waals surface area contributed by atoms with Crippen molar-refractivity contribution in [1.29, 1.82) is 0 Å². The summed E-state index contributed by atoms with van der Waals surface area (Å²) < 4.78 is 1.12. The lowest BCUT2D eigenvalue weighted by atomic mass is 9.92. The van der Waals surface area contributed by atoms with Crippen molar-refractivity contribution in [3.63, 3.8) is 0 Å². The van der Waals surface area contributed by atoms with Gasteiger partial charge in [0.15, 0.2) is 0 Å². The third kappa shape index (κ3) is 4.73. The summed E-state index contributed by atoms with van der Waals surface area (Å²) in [5, 5.41) is 0. The maximum Gasteiger partial charge on any atom is 0.136 e. The number of thiocarbonyl (C=S) groups is 1. The fourth-order valence-electron chi connectivity index (χ4n) is 2.12. The Morgan fingerprint density at radius 3 is 2.67 bits per heavy atom. The Hall–Kier alpha value is 0.240. The topological polar surface area (TPSA) is 3.24 Å². The molecule has 1 fully saturated rings. The zero-order valence-corrected chi connectivity index (χ0v) is 11.8. The van der Waals surface area contributed by atoms with Gasteiger partial charge in [-0.05, 0) is 24.7 Å². The molecule has 1 saturated heterocycles. The molecule has 0 spiro atoms. The van der Waals surface area contributed by atoms with Gasteiger partial charge in [0.25, 0.3) is 0 Å². The molecule has 0 N–H and O–H groups in total. The fourth-order valence-corrected chi connectivity index (χ4v) is 3.41. The lowest BCUT2D eigenvalue weighted by molar-refractivity contribution is 0.332. The summed E-state index contributed by atoms with van der Waals surface area (Å²) in [6.45, 7) is 9.29. The smallest absolute Gasteiger partial charge is 0.136 e. The van der Waals surface area contributed by atoms with E-state index in [0.29, 0.717) is 0 Å². The van der Waals surface area contributed by atoms with Crippen molar-refractivity contribution in [1.82, 2.24) is 4.90 Å². The van der Waals surface area contributed by atoms with Gasteiger partial charge >= 0.3 is 0 Å². The molecule has 0 bridgehead atoms. The average molecular weight is 245 g/mol. The minimum atomic E-state index is 0.829. The van der Waals surface area contributed by atoms with E-state index in [4.69, 9.17) is 12.2 Å². The Balaban J connectivity index is 2.24. The molecule has 0 aromatic carbocycles. The molecule has 3 heteroatoms. The highest BCUT2D eigenvalue weighted by Gasteiger charge is 2.18. The molecular formula is C12H23NS2. The quantitative estimate of drug-likeness (QED) is 0.656. The van der Waals surface area contributed by atoms with Crippen LogP contribution in [0.15, 0.2) is 0 Å². The van der Waals surface area contributed by atoms with E-state index in [1.807, 2.05) is 11.8 Å². The predicted molar refractivity (Wildman–Crippen MR) is 74.5 cm³/mol. The first-order valence-corrected chi connectivity index (χ1v) is 7.44. The second-order valence-electron chi connectivity index (χ2n) is 4.79. The van der Waals surface area contributed by atoms with Crippen LogP contribution in [0, 0.1) is 11.8 Å². The van der Waals surface area contributed by atoms with Crippen molar-refractivity contribution < 1.29 is 0 Å². The molecule has 0 aliphatic carbocycles. The second kappa shape index (κ2) is 6.74. The Morgan fingerprint density at radius 1 is 1.47 bits per heavy atom. The van der Waals surface area contributed by atoms with Gasteiger partial charge in [-0.2, -0.15) is 0 Å². The molecule has 88 valence electrons. The van der Waals surface area contributed by atoms with Crippen LogP contribution in [0.2, 0.25) is 0 Å². The van der Waals surface area contributed by atoms with Crippen LogP contribution < -0.4 is 0 Å². The highest BCUT2D eigenvalue weighted by Crippen LogP contribution is 2.22. The highest BCUT2D eigenvalue weighted by atomic mass is 32.2. The van der Waals surface area contributed by atoms with Gasteiger partial charge in [0.05, 0.1) is 0 Å². The van der Waals surface area contributed by atoms with E-state index < -0.39 is 0 Å². The van der Waals surface area contributed by atoms with Gasteiger partial charge in [0, 0.05) is 18.8 Å². The van der Waals surface area contributed by atoms with E-state index in [-0.39, 0.29) is 0 Å². The van der Waals surface area contributed by atoms with Crippen LogP contribution in [0.4, 0.5) is 0 Å². The summed E-state index contributed by atoms with van der Waals surface area (Å²) >= 11 is 7.14. The van der Waals surface area contributed by atoms with Crippen LogP contribution in [-0.2, 0) is 0 Å². The molecule has 1 nitrogen and oxygen atoms in total. The van der Waals surface area contributed by atoms with Gasteiger partial charge in [-0.1, -0.05) is 51.2 Å². The molecule has 0 aromatic heterocycles. The average Bonchev–Trinajstić information content (AvgIpc) is 2.58. The molecular weight excluding hydrogens is 222 g/mol. The van der Waals surface area contributed by atoms with Gasteiger partial charge in [-0.3, -0.25) is 0 Å². The van der Waals surface area contributed by atoms with Gasteiger partial charge in [-0.15, -0.1) is 0 Å². The van der Waals surface area contributed by atoms with Crippen LogP contribution in [0.3, 0.4) is 0 Å². The molecule has 1 unspecified atom stereocenters. The minimum absolute atomic E-state index is 0.829. The van der Waals surface area contributed by atoms with E-state index >= 15 is 0 Å².